The maximum atomic E-state index is 14.0. The molecule has 7 nitrogen and oxygen atoms in total. The number of benzene rings is 2. The van der Waals surface area contributed by atoms with Crippen LogP contribution in [0.1, 0.15) is 48.5 Å². The number of nitrogens with zero attached hydrogens (tertiary/aromatic N) is 3. The summed E-state index contributed by atoms with van der Waals surface area (Å²) in [5.41, 5.74) is 3.21. The lowest BCUT2D eigenvalue weighted by Gasteiger charge is -2.35. The highest BCUT2D eigenvalue weighted by Crippen LogP contribution is 2.40. The molecule has 2 aliphatic heterocycles. The molecular formula is C27H32N4O3. The predicted octanol–water partition coefficient (Wildman–Crippen LogP) is 3.57. The Hall–Kier alpha value is -3.19. The summed E-state index contributed by atoms with van der Waals surface area (Å²) >= 11 is 0. The lowest BCUT2D eigenvalue weighted by Crippen LogP contribution is -2.54. The number of ether oxygens (including phenoxy) is 1. The van der Waals surface area contributed by atoms with Crippen LogP contribution in [0.25, 0.3) is 11.0 Å². The molecule has 0 unspecified atom stereocenters. The highest BCUT2D eigenvalue weighted by molar-refractivity contribution is 5.98. The maximum Gasteiger partial charge on any atom is 0.254 e. The lowest BCUT2D eigenvalue weighted by molar-refractivity contribution is -0.122. The first-order valence-electron chi connectivity index (χ1n) is 12.1. The van der Waals surface area contributed by atoms with Crippen molar-refractivity contribution in [2.75, 3.05) is 13.7 Å². The van der Waals surface area contributed by atoms with Gasteiger partial charge >= 0.3 is 0 Å². The number of hydrogen-bond donors (Lipinski definition) is 1. The topological polar surface area (TPSA) is 76.5 Å². The number of nitrogens with one attached hydrogen (secondary N) is 1. The monoisotopic (exact) mass is 460 g/mol. The first kappa shape index (κ1) is 22.6. The van der Waals surface area contributed by atoms with E-state index in [0.29, 0.717) is 25.1 Å². The molecule has 0 saturated carbocycles. The Morgan fingerprint density at radius 2 is 2.06 bits per heavy atom. The summed E-state index contributed by atoms with van der Waals surface area (Å²) in [6.45, 7) is 3.42. The van der Waals surface area contributed by atoms with Gasteiger partial charge in [0.25, 0.3) is 5.91 Å². The minimum absolute atomic E-state index is 0.0123. The summed E-state index contributed by atoms with van der Waals surface area (Å²) in [6.07, 6.45) is 5.43. The van der Waals surface area contributed by atoms with Crippen LogP contribution in [0.2, 0.25) is 0 Å². The fourth-order valence-corrected chi connectivity index (χ4v) is 5.79. The van der Waals surface area contributed by atoms with E-state index in [4.69, 9.17) is 4.74 Å². The van der Waals surface area contributed by atoms with Gasteiger partial charge in [0.2, 0.25) is 5.91 Å². The standard InChI is InChI=1S/C27H32N4O3/c1-27-17-21(15-19-7-4-3-5-8-19)31(24(27)9-6-10-25(32)29-27)26(33)20-11-12-23-22(16-20)28-18-30(23)13-14-34-2/h3-5,7-8,11-12,16,18,21,24H,6,9-10,13-15,17H2,1-2H3,(H,29,32)/t21-,24+,27+/m1/s1. The SMILES string of the molecule is COCCn1cnc2cc(C(=O)N3[C@H](Cc4ccccc4)C[C@]4(C)NC(=O)CCC[C@H]34)ccc21. The smallest absolute Gasteiger partial charge is 0.254 e. The van der Waals surface area contributed by atoms with Gasteiger partial charge in [0.15, 0.2) is 0 Å². The Morgan fingerprint density at radius 3 is 2.85 bits per heavy atom. The van der Waals surface area contributed by atoms with Crippen LogP contribution in [-0.4, -0.2) is 57.6 Å². The van der Waals surface area contributed by atoms with Gasteiger partial charge in [-0.2, -0.15) is 0 Å². The Morgan fingerprint density at radius 1 is 1.24 bits per heavy atom. The van der Waals surface area contributed by atoms with Crippen LogP contribution in [-0.2, 0) is 22.5 Å². The number of likely N-dealkylation sites (tertiary alicyclic amines) is 1. The number of methoxy groups -OCH3 is 1. The first-order valence-corrected chi connectivity index (χ1v) is 12.1. The van der Waals surface area contributed by atoms with Gasteiger partial charge in [0.1, 0.15) is 0 Å². The van der Waals surface area contributed by atoms with Crippen molar-refractivity contribution < 1.29 is 14.3 Å². The average Bonchev–Trinajstić information content (AvgIpc) is 3.30. The molecule has 0 radical (unpaired) electrons. The number of carbonyl (C=O) groups is 2. The summed E-state index contributed by atoms with van der Waals surface area (Å²) in [4.78, 5) is 33.0. The zero-order valence-electron chi connectivity index (χ0n) is 19.9. The molecule has 3 aromatic rings. The minimum Gasteiger partial charge on any atom is -0.383 e. The van der Waals surface area contributed by atoms with Crippen LogP contribution in [0.5, 0.6) is 0 Å². The molecule has 5 rings (SSSR count). The van der Waals surface area contributed by atoms with E-state index in [1.54, 1.807) is 13.4 Å². The van der Waals surface area contributed by atoms with Crippen LogP contribution in [0.3, 0.4) is 0 Å². The number of carbonyl (C=O) groups excluding carboxylic acids is 2. The number of amides is 2. The number of fused-ring (bicyclic) bond motifs is 2. The molecule has 34 heavy (non-hydrogen) atoms. The van der Waals surface area contributed by atoms with E-state index in [-0.39, 0.29) is 23.9 Å². The van der Waals surface area contributed by atoms with Crippen molar-refractivity contribution in [3.8, 4) is 0 Å². The molecule has 0 aliphatic carbocycles. The van der Waals surface area contributed by atoms with Crippen molar-refractivity contribution in [3.63, 3.8) is 0 Å². The van der Waals surface area contributed by atoms with E-state index in [1.165, 1.54) is 5.56 Å². The Kier molecular flexibility index (Phi) is 6.13. The van der Waals surface area contributed by atoms with Gasteiger partial charge in [0, 0.05) is 31.7 Å². The summed E-state index contributed by atoms with van der Waals surface area (Å²) < 4.78 is 7.23. The second kappa shape index (κ2) is 9.22. The van der Waals surface area contributed by atoms with Crippen molar-refractivity contribution in [2.24, 2.45) is 0 Å². The van der Waals surface area contributed by atoms with Crippen molar-refractivity contribution in [2.45, 2.75) is 63.2 Å². The second-order valence-electron chi connectivity index (χ2n) is 9.77. The van der Waals surface area contributed by atoms with Gasteiger partial charge in [0.05, 0.1) is 35.5 Å². The summed E-state index contributed by atoms with van der Waals surface area (Å²) in [6, 6.07) is 16.0. The molecule has 2 saturated heterocycles. The van der Waals surface area contributed by atoms with Crippen LogP contribution in [0.15, 0.2) is 54.9 Å². The summed E-state index contributed by atoms with van der Waals surface area (Å²) in [7, 11) is 1.68. The summed E-state index contributed by atoms with van der Waals surface area (Å²) in [5, 5.41) is 3.26. The largest absolute Gasteiger partial charge is 0.383 e. The van der Waals surface area contributed by atoms with Gasteiger partial charge in [-0.1, -0.05) is 30.3 Å². The van der Waals surface area contributed by atoms with Gasteiger partial charge in [-0.05, 0) is 56.4 Å². The van der Waals surface area contributed by atoms with Crippen LogP contribution in [0, 0.1) is 0 Å². The lowest BCUT2D eigenvalue weighted by atomic mass is 9.88. The molecule has 0 bridgehead atoms. The predicted molar refractivity (Wildman–Crippen MR) is 131 cm³/mol. The third-order valence-electron chi connectivity index (χ3n) is 7.38. The first-order chi connectivity index (χ1) is 16.5. The third-order valence-corrected chi connectivity index (χ3v) is 7.38. The Labute approximate surface area is 200 Å². The fourth-order valence-electron chi connectivity index (χ4n) is 5.79. The molecule has 178 valence electrons. The molecule has 2 aliphatic rings. The van der Waals surface area contributed by atoms with Crippen molar-refractivity contribution >= 4 is 22.8 Å². The minimum atomic E-state index is -0.422. The van der Waals surface area contributed by atoms with Crippen molar-refractivity contribution in [1.82, 2.24) is 19.8 Å². The molecule has 2 aromatic carbocycles. The average molecular weight is 461 g/mol. The molecule has 0 spiro atoms. The number of imidazole rings is 1. The number of aromatic nitrogens is 2. The molecular weight excluding hydrogens is 428 g/mol. The van der Waals surface area contributed by atoms with E-state index in [1.807, 2.05) is 41.0 Å². The molecule has 2 amide bonds. The van der Waals surface area contributed by atoms with E-state index >= 15 is 0 Å². The Bertz CT molecular complexity index is 1190. The van der Waals surface area contributed by atoms with E-state index in [9.17, 15) is 9.59 Å². The highest BCUT2D eigenvalue weighted by atomic mass is 16.5. The van der Waals surface area contributed by atoms with Gasteiger partial charge in [-0.3, -0.25) is 9.59 Å². The van der Waals surface area contributed by atoms with Gasteiger partial charge in [-0.15, -0.1) is 0 Å². The second-order valence-corrected chi connectivity index (χ2v) is 9.77. The van der Waals surface area contributed by atoms with Crippen LogP contribution >= 0.6 is 0 Å². The van der Waals surface area contributed by atoms with Crippen molar-refractivity contribution in [1.29, 1.82) is 0 Å². The zero-order valence-corrected chi connectivity index (χ0v) is 19.9. The van der Waals surface area contributed by atoms with Crippen LogP contribution < -0.4 is 5.32 Å². The third kappa shape index (κ3) is 4.20. The molecule has 3 heterocycles. The quantitative estimate of drug-likeness (QED) is 0.610. The molecule has 1 N–H and O–H groups in total. The maximum absolute atomic E-state index is 14.0. The molecule has 3 atom stereocenters. The number of rotatable bonds is 6. The fraction of sp³-hybridized carbons (Fsp3) is 0.444. The molecule has 1 aromatic heterocycles. The van der Waals surface area contributed by atoms with Gasteiger partial charge < -0.3 is 19.5 Å². The van der Waals surface area contributed by atoms with E-state index < -0.39 is 5.54 Å². The van der Waals surface area contributed by atoms with Gasteiger partial charge in [-0.25, -0.2) is 4.98 Å². The highest BCUT2D eigenvalue weighted by Gasteiger charge is 2.52. The summed E-state index contributed by atoms with van der Waals surface area (Å²) in [5.74, 6) is 0.0972. The number of hydrogen-bond acceptors (Lipinski definition) is 4. The zero-order chi connectivity index (χ0) is 23.7. The van der Waals surface area contributed by atoms with E-state index in [2.05, 4.69) is 34.3 Å². The molecule has 7 heteroatoms. The van der Waals surface area contributed by atoms with E-state index in [0.717, 1.165) is 36.7 Å². The van der Waals surface area contributed by atoms with Crippen LogP contribution in [0.4, 0.5) is 0 Å². The molecule has 2 fully saturated rings. The Balaban J connectivity index is 1.48. The normalized spacial score (nSPS) is 24.6. The van der Waals surface area contributed by atoms with Crippen molar-refractivity contribution in [3.05, 3.63) is 66.0 Å².